The van der Waals surface area contributed by atoms with Crippen molar-refractivity contribution in [3.8, 4) is 11.5 Å². The molecule has 194 valence electrons. The number of aliphatic carboxylic acids is 1. The summed E-state index contributed by atoms with van der Waals surface area (Å²) in [4.78, 5) is 38.1. The van der Waals surface area contributed by atoms with Gasteiger partial charge in [0.05, 0.1) is 31.9 Å². The van der Waals surface area contributed by atoms with Crippen LogP contribution in [0.5, 0.6) is 11.5 Å². The van der Waals surface area contributed by atoms with Gasteiger partial charge in [-0.05, 0) is 36.2 Å². The molecule has 0 radical (unpaired) electrons. The number of carboxylic acid groups (broad SMARTS) is 1. The predicted molar refractivity (Wildman–Crippen MR) is 139 cm³/mol. The number of benzene rings is 3. The van der Waals surface area contributed by atoms with E-state index in [1.807, 2.05) is 6.92 Å². The van der Waals surface area contributed by atoms with Gasteiger partial charge in [0.25, 0.3) is 0 Å². The van der Waals surface area contributed by atoms with Crippen molar-refractivity contribution in [1.82, 2.24) is 8.75 Å². The van der Waals surface area contributed by atoms with Crippen molar-refractivity contribution in [1.29, 1.82) is 0 Å². The van der Waals surface area contributed by atoms with E-state index in [1.54, 1.807) is 60.7 Å². The maximum atomic E-state index is 13.8. The fourth-order valence-electron chi connectivity index (χ4n) is 3.84. The van der Waals surface area contributed by atoms with Gasteiger partial charge >= 0.3 is 35.5 Å². The first-order valence-corrected chi connectivity index (χ1v) is 12.2. The second kappa shape index (κ2) is 13.5. The summed E-state index contributed by atoms with van der Waals surface area (Å²) in [7, 11) is 2.71. The van der Waals surface area contributed by atoms with Crippen LogP contribution in [-0.2, 0) is 20.7 Å². The Labute approximate surface area is 251 Å². The smallest absolute Gasteiger partial charge is 0.545 e. The van der Waals surface area contributed by atoms with Crippen molar-refractivity contribution >= 4 is 46.1 Å². The summed E-state index contributed by atoms with van der Waals surface area (Å²) in [6.07, 6.45) is -0.135. The van der Waals surface area contributed by atoms with Crippen molar-refractivity contribution in [3.63, 3.8) is 0 Å². The zero-order valence-corrected chi connectivity index (χ0v) is 24.7. The molecule has 9 nitrogen and oxygen atoms in total. The molecular formula is C28H23N2NaO7S. The van der Waals surface area contributed by atoms with Crippen molar-refractivity contribution in [3.05, 3.63) is 88.5 Å². The number of nitrogens with zero attached hydrogens (tertiary/aromatic N) is 2. The fraction of sp³-hybridized carbons (Fsp3) is 0.179. The number of Topliss-reactive ketones (excluding diaryl/α,β-unsaturated/α-hetero) is 1. The molecule has 3 aromatic carbocycles. The van der Waals surface area contributed by atoms with E-state index < -0.39 is 17.7 Å². The Kier molecular flexibility index (Phi) is 10.4. The monoisotopic (exact) mass is 554 g/mol. The molecule has 0 atom stereocenters. The molecule has 0 aliphatic rings. The molecule has 11 heteroatoms. The zero-order chi connectivity index (χ0) is 27.2. The van der Waals surface area contributed by atoms with Gasteiger partial charge in [0.1, 0.15) is 22.5 Å². The normalized spacial score (nSPS) is 11.3. The minimum absolute atomic E-state index is 0. The fourth-order valence-corrected chi connectivity index (χ4v) is 4.36. The van der Waals surface area contributed by atoms with Crippen LogP contribution in [-0.4, -0.2) is 47.3 Å². The van der Waals surface area contributed by atoms with E-state index in [9.17, 15) is 19.5 Å². The molecule has 1 heterocycles. The van der Waals surface area contributed by atoms with Crippen LogP contribution in [0.25, 0.3) is 16.6 Å². The van der Waals surface area contributed by atoms with Gasteiger partial charge in [-0.15, -0.1) is 0 Å². The summed E-state index contributed by atoms with van der Waals surface area (Å²) < 4.78 is 23.9. The van der Waals surface area contributed by atoms with Crippen LogP contribution in [0.1, 0.15) is 27.0 Å². The van der Waals surface area contributed by atoms with Gasteiger partial charge < -0.3 is 24.1 Å². The number of hydrogen-bond acceptors (Lipinski definition) is 10. The number of methoxy groups -OCH3 is 2. The summed E-state index contributed by atoms with van der Waals surface area (Å²) in [5, 5.41) is 12.6. The Bertz CT molecular complexity index is 1550. The molecule has 0 aliphatic carbocycles. The number of hydrogen-bond donors (Lipinski definition) is 0. The Morgan fingerprint density at radius 2 is 1.59 bits per heavy atom. The maximum Gasteiger partial charge on any atom is 1.00 e. The van der Waals surface area contributed by atoms with E-state index in [2.05, 4.69) is 13.5 Å². The van der Waals surface area contributed by atoms with Gasteiger partial charge in [-0.25, -0.2) is 4.79 Å². The third kappa shape index (κ3) is 7.10. The van der Waals surface area contributed by atoms with Gasteiger partial charge in [-0.2, -0.15) is 8.75 Å². The van der Waals surface area contributed by atoms with Crippen LogP contribution in [0.3, 0.4) is 0 Å². The van der Waals surface area contributed by atoms with Crippen molar-refractivity contribution in [2.45, 2.75) is 13.3 Å². The van der Waals surface area contributed by atoms with Gasteiger partial charge in [-0.3, -0.25) is 4.79 Å². The molecule has 0 spiro atoms. The standard InChI is InChI=1S/C28H24N2O7S.Na/c1-16-4-6-17(7-5-16)27(32)21(26(28(33)34)19-9-11-22-23(13-19)30-38-29-22)12-18-8-10-20(35-2)14-24(18)37-15-25(31)36-3;/h4-11,13-14H,12,15H2,1-3H3,(H,33,34);/q;+1/p-1. The van der Waals surface area contributed by atoms with E-state index in [0.717, 1.165) is 17.3 Å². The van der Waals surface area contributed by atoms with Crippen LogP contribution in [0.4, 0.5) is 0 Å². The second-order valence-corrected chi connectivity index (χ2v) is 8.85. The average Bonchev–Trinajstić information content (AvgIpc) is 3.39. The number of esters is 1. The van der Waals surface area contributed by atoms with E-state index in [0.29, 0.717) is 27.9 Å². The number of aryl methyl sites for hydroxylation is 1. The molecular weight excluding hydrogens is 531 g/mol. The van der Waals surface area contributed by atoms with Crippen LogP contribution in [0, 0.1) is 6.92 Å². The Morgan fingerprint density at radius 1 is 0.897 bits per heavy atom. The third-order valence-electron chi connectivity index (χ3n) is 5.85. The average molecular weight is 555 g/mol. The predicted octanol–water partition coefficient (Wildman–Crippen LogP) is 0.193. The Morgan fingerprint density at radius 3 is 2.26 bits per heavy atom. The number of carboxylic acids is 1. The molecule has 0 N–H and O–H groups in total. The molecule has 0 bridgehead atoms. The molecule has 0 fully saturated rings. The van der Waals surface area contributed by atoms with Gasteiger partial charge in [0, 0.05) is 29.2 Å². The molecule has 0 aliphatic heterocycles. The van der Waals surface area contributed by atoms with Crippen LogP contribution in [0.2, 0.25) is 0 Å². The molecule has 0 amide bonds. The molecule has 4 rings (SSSR count). The van der Waals surface area contributed by atoms with Crippen molar-refractivity contribution in [2.75, 3.05) is 20.8 Å². The first-order chi connectivity index (χ1) is 18.3. The first-order valence-electron chi connectivity index (χ1n) is 11.5. The van der Waals surface area contributed by atoms with Crippen molar-refractivity contribution in [2.24, 2.45) is 0 Å². The number of ketones is 1. The van der Waals surface area contributed by atoms with E-state index in [1.165, 1.54) is 14.2 Å². The minimum Gasteiger partial charge on any atom is -0.545 e. The van der Waals surface area contributed by atoms with E-state index >= 15 is 0 Å². The minimum atomic E-state index is -1.52. The number of carbonyl (C=O) groups excluding carboxylic acids is 3. The summed E-state index contributed by atoms with van der Waals surface area (Å²) in [5.74, 6) is -1.93. The summed E-state index contributed by atoms with van der Waals surface area (Å²) >= 11 is 1.00. The molecule has 0 saturated carbocycles. The van der Waals surface area contributed by atoms with Gasteiger partial charge in [-0.1, -0.05) is 42.0 Å². The SMILES string of the molecule is COC(=O)COc1cc(OC)ccc1CC(C(=O)c1ccc(C)cc1)=C(C(=O)[O-])c1ccc2nsnc2c1.[Na+]. The molecule has 0 unspecified atom stereocenters. The zero-order valence-electron chi connectivity index (χ0n) is 21.8. The summed E-state index contributed by atoms with van der Waals surface area (Å²) in [6, 6.07) is 16.5. The largest absolute Gasteiger partial charge is 1.00 e. The number of aromatic nitrogens is 2. The van der Waals surface area contributed by atoms with Crippen LogP contribution < -0.4 is 44.1 Å². The summed E-state index contributed by atoms with van der Waals surface area (Å²) in [6.45, 7) is 1.50. The number of allylic oxidation sites excluding steroid dienone is 1. The van der Waals surface area contributed by atoms with Crippen molar-refractivity contribution < 1.29 is 63.3 Å². The number of fused-ring (bicyclic) bond motifs is 1. The third-order valence-corrected chi connectivity index (χ3v) is 6.41. The Balaban J connectivity index is 0.00000420. The maximum absolute atomic E-state index is 13.8. The molecule has 0 saturated heterocycles. The molecule has 4 aromatic rings. The van der Waals surface area contributed by atoms with E-state index in [-0.39, 0.29) is 65.0 Å². The topological polar surface area (TPSA) is 128 Å². The quantitative estimate of drug-likeness (QED) is 0.117. The Hall–Kier alpha value is -3.57. The first kappa shape index (κ1) is 30.0. The van der Waals surface area contributed by atoms with Gasteiger partial charge in [0.2, 0.25) is 0 Å². The number of rotatable bonds is 10. The molecule has 1 aromatic heterocycles. The van der Waals surface area contributed by atoms with Gasteiger partial charge in [0.15, 0.2) is 12.4 Å². The summed E-state index contributed by atoms with van der Waals surface area (Å²) in [5.41, 5.74) is 2.78. The second-order valence-electron chi connectivity index (χ2n) is 8.32. The van der Waals surface area contributed by atoms with Crippen LogP contribution in [0.15, 0.2) is 66.2 Å². The molecule has 39 heavy (non-hydrogen) atoms. The number of ether oxygens (including phenoxy) is 3. The number of carbonyl (C=O) groups is 3. The van der Waals surface area contributed by atoms with Crippen LogP contribution >= 0.6 is 11.7 Å². The van der Waals surface area contributed by atoms with E-state index in [4.69, 9.17) is 9.47 Å².